The highest BCUT2D eigenvalue weighted by Crippen LogP contribution is 2.49. The van der Waals surface area contributed by atoms with Crippen LogP contribution in [-0.2, 0) is 28.8 Å². The van der Waals surface area contributed by atoms with Gasteiger partial charge in [-0.15, -0.1) is 23.1 Å². The van der Waals surface area contributed by atoms with Gasteiger partial charge in [0.25, 0.3) is 11.8 Å². The van der Waals surface area contributed by atoms with Crippen molar-refractivity contribution in [3.8, 4) is 11.5 Å². The Kier molecular flexibility index (Phi) is 9.58. The number of oxime groups is 1. The van der Waals surface area contributed by atoms with Crippen LogP contribution in [0.3, 0.4) is 0 Å². The van der Waals surface area contributed by atoms with Crippen molar-refractivity contribution in [2.45, 2.75) is 43.6 Å². The number of rotatable bonds is 14. The average Bonchev–Trinajstić information content (AvgIpc) is 3.66. The number of nitrogens with two attached hydrogens (primary N) is 1. The number of hydrogen-bond acceptors (Lipinski definition) is 15. The Labute approximate surface area is 319 Å². The summed E-state index contributed by atoms with van der Waals surface area (Å²) >= 11 is 2.28. The minimum Gasteiger partial charge on any atom is -0.504 e. The van der Waals surface area contributed by atoms with Gasteiger partial charge in [-0.1, -0.05) is 5.16 Å². The first-order valence-electron chi connectivity index (χ1n) is 17.1. The number of Topliss-reactive ketones (excluding diaryl/α,β-unsaturated/α-hetero) is 1. The Morgan fingerprint density at radius 3 is 2.16 bits per heavy atom. The van der Waals surface area contributed by atoms with Crippen LogP contribution in [-0.4, -0.2) is 142 Å². The monoisotopic (exact) mass is 799 g/mol. The minimum atomic E-state index is -1.92. The van der Waals surface area contributed by atoms with Crippen molar-refractivity contribution < 1.29 is 68.4 Å². The summed E-state index contributed by atoms with van der Waals surface area (Å²) < 4.78 is 0.572. The van der Waals surface area contributed by atoms with Crippen molar-refractivity contribution in [3.05, 3.63) is 45.6 Å². The van der Waals surface area contributed by atoms with E-state index in [1.54, 1.807) is 0 Å². The van der Waals surface area contributed by atoms with Crippen LogP contribution in [0.2, 0.25) is 0 Å². The van der Waals surface area contributed by atoms with Gasteiger partial charge >= 0.3 is 17.9 Å². The standard InChI is InChI=1S/C34H34N6O13S2/c35-33-36-19(13-55-33)25(37-53-23(31(49)50)10-24(44)45)22(43)9-18-29(48)39-26(32(51)52)15(12-54-30(18)39)11-40-4-1-34(2-5-40,3-6-40)14-38-27(46)16-7-20(41)21(42)8-17(16)28(38)47/h7-8,13,18,23,30H,1-6,9-12,14H2,(H6-,35,36,37,41,42,43,44,45,46,47,49,50,51,52)/p+1/t18-,23+,30-,34?,40?/m1/s1. The summed E-state index contributed by atoms with van der Waals surface area (Å²) in [4.78, 5) is 100. The van der Waals surface area contributed by atoms with E-state index in [1.807, 2.05) is 0 Å². The highest BCUT2D eigenvalue weighted by molar-refractivity contribution is 8.00. The molecule has 0 spiro atoms. The number of nitrogens with zero attached hydrogens (tertiary/aromatic N) is 5. The number of aromatic hydroxyl groups is 2. The molecule has 3 atom stereocenters. The van der Waals surface area contributed by atoms with E-state index in [9.17, 15) is 54.0 Å². The lowest BCUT2D eigenvalue weighted by atomic mass is 9.70. The fraction of sp³-hybridized carbons (Fsp3) is 0.441. The number of aliphatic carboxylic acids is 3. The zero-order chi connectivity index (χ0) is 39.6. The summed E-state index contributed by atoms with van der Waals surface area (Å²) in [6.07, 6.45) is -1.32. The highest BCUT2D eigenvalue weighted by atomic mass is 32.2. The van der Waals surface area contributed by atoms with Crippen LogP contribution in [0.1, 0.15) is 58.5 Å². The second-order valence-electron chi connectivity index (χ2n) is 14.4. The summed E-state index contributed by atoms with van der Waals surface area (Å²) in [5.41, 5.74) is 5.36. The quantitative estimate of drug-likeness (QED) is 0.0387. The Morgan fingerprint density at radius 2 is 1.64 bits per heavy atom. The second kappa shape index (κ2) is 13.9. The third kappa shape index (κ3) is 6.75. The van der Waals surface area contributed by atoms with Crippen LogP contribution < -0.4 is 5.73 Å². The molecule has 6 aliphatic heterocycles. The molecule has 1 aromatic carbocycles. The van der Waals surface area contributed by atoms with E-state index in [2.05, 4.69) is 10.1 Å². The van der Waals surface area contributed by atoms with Gasteiger partial charge in [-0.05, 0) is 12.1 Å². The molecular formula is C34H35N6O13S2+. The third-order valence-electron chi connectivity index (χ3n) is 11.1. The molecule has 2 bridgehead atoms. The van der Waals surface area contributed by atoms with E-state index in [-0.39, 0.29) is 45.4 Å². The third-order valence-corrected chi connectivity index (χ3v) is 13.2. The number of thioether (sulfide) groups is 1. The number of carbonyl (C=O) groups excluding carboxylic acids is 4. The number of benzene rings is 1. The van der Waals surface area contributed by atoms with E-state index in [0.717, 1.165) is 23.5 Å². The zero-order valence-corrected chi connectivity index (χ0v) is 30.5. The first-order valence-corrected chi connectivity index (χ1v) is 19.1. The van der Waals surface area contributed by atoms with E-state index in [1.165, 1.54) is 26.9 Å². The SMILES string of the molecule is Nc1nc(/C(=N/O[C@@H](CC(=O)O)C(=O)O)C(=O)C[C@@H]2C(=O)N3C(C(=O)O)=C(C[N+]45CCC(CN6C(=O)c7cc(O)c(O)cc7C6=O)(CC4)CC5)CS[C@H]23)cs1. The van der Waals surface area contributed by atoms with Gasteiger partial charge in [0.05, 0.1) is 48.5 Å². The van der Waals surface area contributed by atoms with Crippen LogP contribution >= 0.6 is 23.1 Å². The molecular weight excluding hydrogens is 765 g/mol. The second-order valence-corrected chi connectivity index (χ2v) is 16.4. The number of carbonyl (C=O) groups is 7. The molecule has 6 aliphatic rings. The number of aromatic nitrogens is 1. The van der Waals surface area contributed by atoms with E-state index in [4.69, 9.17) is 15.7 Å². The van der Waals surface area contributed by atoms with Crippen LogP contribution in [0.25, 0.3) is 0 Å². The van der Waals surface area contributed by atoms with Crippen molar-refractivity contribution in [3.63, 3.8) is 0 Å². The maximum absolute atomic E-state index is 13.6. The van der Waals surface area contributed by atoms with Crippen molar-refractivity contribution in [1.29, 1.82) is 0 Å². The molecule has 1 aromatic heterocycles. The van der Waals surface area contributed by atoms with Crippen molar-refractivity contribution >= 4 is 75.4 Å². The number of imide groups is 1. The first-order chi connectivity index (χ1) is 26.0. The number of amides is 3. The lowest BCUT2D eigenvalue weighted by Gasteiger charge is -2.56. The molecule has 4 saturated heterocycles. The Morgan fingerprint density at radius 1 is 1.02 bits per heavy atom. The lowest BCUT2D eigenvalue weighted by Crippen LogP contribution is -2.66. The molecule has 0 aliphatic carbocycles. The molecule has 55 heavy (non-hydrogen) atoms. The zero-order valence-electron chi connectivity index (χ0n) is 28.9. The number of phenolic OH excluding ortho intramolecular Hbond substituents is 2. The number of quaternary nitrogens is 1. The Hall–Kier alpha value is -5.54. The normalized spacial score (nSPS) is 26.4. The molecule has 2 aromatic rings. The van der Waals surface area contributed by atoms with Gasteiger partial charge in [-0.25, -0.2) is 14.6 Å². The lowest BCUT2D eigenvalue weighted by molar-refractivity contribution is -0.941. The molecule has 19 nitrogen and oxygen atoms in total. The molecule has 0 unspecified atom stereocenters. The van der Waals surface area contributed by atoms with Crippen LogP contribution in [0.15, 0.2) is 33.9 Å². The number of carboxylic acids is 3. The first kappa shape index (κ1) is 37.8. The Bertz CT molecular complexity index is 2070. The maximum Gasteiger partial charge on any atom is 0.352 e. The topological polar surface area (TPSA) is 288 Å². The van der Waals surface area contributed by atoms with Crippen LogP contribution in [0.5, 0.6) is 11.5 Å². The number of thiazole rings is 1. The van der Waals surface area contributed by atoms with Crippen LogP contribution in [0, 0.1) is 11.3 Å². The number of nitrogen functional groups attached to an aromatic ring is 1. The van der Waals surface area contributed by atoms with Gasteiger partial charge in [0.15, 0.2) is 28.1 Å². The largest absolute Gasteiger partial charge is 0.504 e. The summed E-state index contributed by atoms with van der Waals surface area (Å²) in [5, 5.41) is 52.9. The van der Waals surface area contributed by atoms with Gasteiger partial charge in [0, 0.05) is 54.3 Å². The van der Waals surface area contributed by atoms with Gasteiger partial charge in [0.1, 0.15) is 17.9 Å². The molecule has 21 heteroatoms. The number of β-lactam (4-membered cyclic amide) rings is 1. The van der Waals surface area contributed by atoms with Gasteiger partial charge < -0.3 is 40.6 Å². The highest BCUT2D eigenvalue weighted by Gasteiger charge is 2.57. The van der Waals surface area contributed by atoms with E-state index >= 15 is 0 Å². The summed E-state index contributed by atoms with van der Waals surface area (Å²) in [5.74, 6) is -8.45. The molecule has 7 heterocycles. The molecule has 0 radical (unpaired) electrons. The molecule has 8 rings (SSSR count). The molecule has 290 valence electrons. The Balaban J connectivity index is 1.03. The molecule has 0 saturated carbocycles. The van der Waals surface area contributed by atoms with E-state index in [0.29, 0.717) is 55.5 Å². The number of carboxylic acid groups (broad SMARTS) is 3. The predicted octanol–water partition coefficient (Wildman–Crippen LogP) is 0.911. The fourth-order valence-electron chi connectivity index (χ4n) is 8.12. The van der Waals surface area contributed by atoms with Gasteiger partial charge in [-0.2, -0.15) is 0 Å². The van der Waals surface area contributed by atoms with E-state index < -0.39 is 88.9 Å². The average molecular weight is 800 g/mol. The smallest absolute Gasteiger partial charge is 0.352 e. The minimum absolute atomic E-state index is 0.0379. The number of ketones is 1. The van der Waals surface area contributed by atoms with Crippen molar-refractivity contribution in [2.24, 2.45) is 16.5 Å². The van der Waals surface area contributed by atoms with Crippen molar-refractivity contribution in [1.82, 2.24) is 14.8 Å². The number of hydrogen-bond donors (Lipinski definition) is 6. The number of phenols is 2. The molecule has 7 N–H and O–H groups in total. The molecule has 3 amide bonds. The predicted molar refractivity (Wildman–Crippen MR) is 190 cm³/mol. The van der Waals surface area contributed by atoms with Crippen LogP contribution in [0.4, 0.5) is 5.13 Å². The summed E-state index contributed by atoms with van der Waals surface area (Å²) in [7, 11) is 0. The van der Waals surface area contributed by atoms with Gasteiger partial charge in [0.2, 0.25) is 12.0 Å². The van der Waals surface area contributed by atoms with Crippen molar-refractivity contribution in [2.75, 3.05) is 44.2 Å². The number of fused-ring (bicyclic) bond motifs is 5. The fourth-order valence-corrected chi connectivity index (χ4v) is 10.1. The summed E-state index contributed by atoms with van der Waals surface area (Å²) in [6.45, 7) is 2.51. The maximum atomic E-state index is 13.6. The van der Waals surface area contributed by atoms with Gasteiger partial charge in [-0.3, -0.25) is 33.8 Å². The number of anilines is 1. The number of piperidine rings is 3. The summed E-state index contributed by atoms with van der Waals surface area (Å²) in [6, 6.07) is 2.20. The molecule has 4 fully saturated rings.